The third kappa shape index (κ3) is 1.87. The van der Waals surface area contributed by atoms with Gasteiger partial charge in [-0.25, -0.2) is 9.97 Å². The van der Waals surface area contributed by atoms with E-state index in [-0.39, 0.29) is 5.91 Å². The molecule has 0 saturated heterocycles. The lowest BCUT2D eigenvalue weighted by Gasteiger charge is -2.32. The Bertz CT molecular complexity index is 804. The van der Waals surface area contributed by atoms with Gasteiger partial charge in [-0.15, -0.1) is 5.10 Å². The maximum Gasteiger partial charge on any atom is 0.276 e. The highest BCUT2D eigenvalue weighted by atomic mass is 16.2. The maximum atomic E-state index is 12.9. The summed E-state index contributed by atoms with van der Waals surface area (Å²) in [5.41, 5.74) is 0.730. The van der Waals surface area contributed by atoms with Crippen LogP contribution in [0, 0.1) is 0 Å². The van der Waals surface area contributed by atoms with Crippen molar-refractivity contribution in [2.24, 2.45) is 0 Å². The third-order valence-electron chi connectivity index (χ3n) is 3.25. The fraction of sp³-hybridized carbons (Fsp3) is 0.0769. The van der Waals surface area contributed by atoms with Gasteiger partial charge in [0.15, 0.2) is 11.6 Å². The Morgan fingerprint density at radius 1 is 1.14 bits per heavy atom. The monoisotopic (exact) mass is 294 g/mol. The number of amides is 1. The van der Waals surface area contributed by atoms with Crippen molar-refractivity contribution in [3.8, 4) is 0 Å². The number of carbonyl (C=O) groups excluding carboxylic acids is 1. The van der Waals surface area contributed by atoms with Gasteiger partial charge in [-0.3, -0.25) is 9.78 Å². The van der Waals surface area contributed by atoms with Gasteiger partial charge in [-0.2, -0.15) is 9.80 Å². The molecule has 0 aromatic carbocycles. The summed E-state index contributed by atoms with van der Waals surface area (Å²) in [6.07, 6.45) is 9.42. The lowest BCUT2D eigenvalue weighted by atomic mass is 10.1. The first-order chi connectivity index (χ1) is 10.8. The van der Waals surface area contributed by atoms with Gasteiger partial charge in [0.25, 0.3) is 5.91 Å². The number of carbonyl (C=O) groups is 1. The Morgan fingerprint density at radius 2 is 2.05 bits per heavy atom. The van der Waals surface area contributed by atoms with Crippen LogP contribution in [-0.4, -0.2) is 36.0 Å². The molecule has 0 saturated carbocycles. The van der Waals surface area contributed by atoms with Crippen LogP contribution in [0.25, 0.3) is 0 Å². The zero-order chi connectivity index (χ0) is 14.9. The molecule has 4 heterocycles. The van der Waals surface area contributed by atoms with E-state index in [9.17, 15) is 4.79 Å². The van der Waals surface area contributed by atoms with Gasteiger partial charge in [0.2, 0.25) is 0 Å². The lowest BCUT2D eigenvalue weighted by Crippen LogP contribution is -2.46. The second-order valence-corrected chi connectivity index (χ2v) is 4.57. The molecule has 108 valence electrons. The van der Waals surface area contributed by atoms with Crippen molar-refractivity contribution in [1.29, 1.82) is 0 Å². The van der Waals surface area contributed by atoms with Crippen LogP contribution in [-0.2, 0) is 4.79 Å². The largest absolute Gasteiger partial charge is 0.351 e. The third-order valence-corrected chi connectivity index (χ3v) is 3.25. The lowest BCUT2D eigenvalue weighted by molar-refractivity contribution is -0.120. The quantitative estimate of drug-likeness (QED) is 0.731. The van der Waals surface area contributed by atoms with Crippen molar-refractivity contribution in [1.82, 2.24) is 30.1 Å². The number of rotatable bonds is 2. The van der Waals surface area contributed by atoms with Crippen molar-refractivity contribution in [2.45, 2.75) is 6.04 Å². The number of nitrogens with zero attached hydrogens (tertiary/aromatic N) is 7. The molecular formula is C13H10N8O. The van der Waals surface area contributed by atoms with Gasteiger partial charge >= 0.3 is 0 Å². The number of aromatic nitrogens is 6. The minimum atomic E-state index is -0.623. The summed E-state index contributed by atoms with van der Waals surface area (Å²) in [4.78, 5) is 26.7. The van der Waals surface area contributed by atoms with E-state index in [2.05, 4.69) is 30.6 Å². The average molecular weight is 294 g/mol. The van der Waals surface area contributed by atoms with Crippen LogP contribution < -0.4 is 10.3 Å². The molecule has 1 aliphatic heterocycles. The van der Waals surface area contributed by atoms with Crippen molar-refractivity contribution < 1.29 is 4.79 Å². The molecule has 0 aliphatic carbocycles. The van der Waals surface area contributed by atoms with Crippen molar-refractivity contribution >= 4 is 17.5 Å². The standard InChI is InChI=1S/C13H10N8O/c22-13-10(9-2-1-3-14-8-9)18-11-12(16-5-4-15-11)21(13)20-7-6-17-19-20/h1-8,10H,(H,15,18). The molecule has 4 rings (SSSR count). The molecule has 0 spiro atoms. The Labute approximate surface area is 124 Å². The molecule has 0 radical (unpaired) electrons. The van der Waals surface area contributed by atoms with E-state index in [1.807, 2.05) is 6.07 Å². The summed E-state index contributed by atoms with van der Waals surface area (Å²) in [7, 11) is 0. The van der Waals surface area contributed by atoms with Crippen molar-refractivity contribution in [3.05, 3.63) is 54.9 Å². The molecule has 9 heteroatoms. The number of anilines is 2. The zero-order valence-corrected chi connectivity index (χ0v) is 11.2. The number of hydrogen-bond acceptors (Lipinski definition) is 7. The van der Waals surface area contributed by atoms with E-state index in [4.69, 9.17) is 0 Å². The van der Waals surface area contributed by atoms with E-state index in [1.165, 1.54) is 22.2 Å². The first kappa shape index (κ1) is 12.4. The molecule has 0 bridgehead atoms. The molecule has 1 amide bonds. The summed E-state index contributed by atoms with van der Waals surface area (Å²) in [6, 6.07) is 2.97. The number of fused-ring (bicyclic) bond motifs is 1. The number of nitrogens with one attached hydrogen (secondary N) is 1. The molecule has 1 aliphatic rings. The highest BCUT2D eigenvalue weighted by molar-refractivity contribution is 6.03. The van der Waals surface area contributed by atoms with E-state index >= 15 is 0 Å². The van der Waals surface area contributed by atoms with Crippen LogP contribution in [0.2, 0.25) is 0 Å². The van der Waals surface area contributed by atoms with Crippen LogP contribution in [0.1, 0.15) is 11.6 Å². The molecule has 9 nitrogen and oxygen atoms in total. The van der Waals surface area contributed by atoms with Gasteiger partial charge in [0.1, 0.15) is 6.04 Å². The summed E-state index contributed by atoms with van der Waals surface area (Å²) in [6.45, 7) is 0. The molecule has 3 aromatic heterocycles. The van der Waals surface area contributed by atoms with Crippen molar-refractivity contribution in [2.75, 3.05) is 10.3 Å². The average Bonchev–Trinajstić information content (AvgIpc) is 3.09. The van der Waals surface area contributed by atoms with E-state index in [1.54, 1.807) is 30.9 Å². The van der Waals surface area contributed by atoms with E-state index < -0.39 is 6.04 Å². The Kier molecular flexibility index (Phi) is 2.75. The van der Waals surface area contributed by atoms with Crippen LogP contribution in [0.3, 0.4) is 0 Å². The topological polar surface area (TPSA) is 102 Å². The van der Waals surface area contributed by atoms with Crippen LogP contribution in [0.5, 0.6) is 0 Å². The second-order valence-electron chi connectivity index (χ2n) is 4.57. The fourth-order valence-electron chi connectivity index (χ4n) is 2.29. The van der Waals surface area contributed by atoms with E-state index in [0.717, 1.165) is 5.56 Å². The summed E-state index contributed by atoms with van der Waals surface area (Å²) >= 11 is 0. The molecular weight excluding hydrogens is 284 g/mol. The molecule has 1 atom stereocenters. The summed E-state index contributed by atoms with van der Waals surface area (Å²) in [5.74, 6) is 0.621. The normalized spacial score (nSPS) is 17.0. The molecule has 3 aromatic rings. The van der Waals surface area contributed by atoms with Gasteiger partial charge in [0, 0.05) is 30.4 Å². The maximum absolute atomic E-state index is 12.9. The van der Waals surface area contributed by atoms with Crippen LogP contribution >= 0.6 is 0 Å². The SMILES string of the molecule is O=C1C(c2cccnc2)Nc2nccnc2N1n1ccnn1. The molecule has 0 fully saturated rings. The van der Waals surface area contributed by atoms with E-state index in [0.29, 0.717) is 11.6 Å². The van der Waals surface area contributed by atoms with Crippen LogP contribution in [0.4, 0.5) is 11.6 Å². The first-order valence-electron chi connectivity index (χ1n) is 6.52. The Morgan fingerprint density at radius 3 is 2.82 bits per heavy atom. The first-order valence-corrected chi connectivity index (χ1v) is 6.52. The second kappa shape index (κ2) is 4.88. The summed E-state index contributed by atoms with van der Waals surface area (Å²) in [5, 5.41) is 12.0. The Balaban J connectivity index is 1.85. The van der Waals surface area contributed by atoms with Gasteiger partial charge in [-0.05, 0) is 11.3 Å². The highest BCUT2D eigenvalue weighted by Crippen LogP contribution is 2.32. The minimum absolute atomic E-state index is 0.244. The van der Waals surface area contributed by atoms with Crippen LogP contribution in [0.15, 0.2) is 49.3 Å². The minimum Gasteiger partial charge on any atom is -0.351 e. The Hall–Kier alpha value is -3.36. The predicted molar refractivity (Wildman–Crippen MR) is 75.5 cm³/mol. The van der Waals surface area contributed by atoms with Gasteiger partial charge in [0.05, 0.1) is 12.4 Å². The smallest absolute Gasteiger partial charge is 0.276 e. The highest BCUT2D eigenvalue weighted by Gasteiger charge is 2.37. The fourth-order valence-corrected chi connectivity index (χ4v) is 2.29. The predicted octanol–water partition coefficient (Wildman–Crippen LogP) is 0.426. The van der Waals surface area contributed by atoms with Gasteiger partial charge in [-0.1, -0.05) is 6.07 Å². The zero-order valence-electron chi connectivity index (χ0n) is 11.2. The van der Waals surface area contributed by atoms with Gasteiger partial charge < -0.3 is 5.32 Å². The van der Waals surface area contributed by atoms with Crippen molar-refractivity contribution in [3.63, 3.8) is 0 Å². The molecule has 1 unspecified atom stereocenters. The molecule has 22 heavy (non-hydrogen) atoms. The molecule has 1 N–H and O–H groups in total. The number of pyridine rings is 1. The summed E-state index contributed by atoms with van der Waals surface area (Å²) < 4.78 is 0. The number of hydrogen-bond donors (Lipinski definition) is 1.